The highest BCUT2D eigenvalue weighted by molar-refractivity contribution is 6.30. The quantitative estimate of drug-likeness (QED) is 0.888. The zero-order chi connectivity index (χ0) is 12.3. The van der Waals surface area contributed by atoms with E-state index in [2.05, 4.69) is 16.8 Å². The van der Waals surface area contributed by atoms with Gasteiger partial charge in [-0.05, 0) is 24.7 Å². The maximum Gasteiger partial charge on any atom is 0.0424 e. The van der Waals surface area contributed by atoms with E-state index >= 15 is 0 Å². The van der Waals surface area contributed by atoms with Crippen LogP contribution in [0, 0.1) is 0 Å². The Balaban J connectivity index is 1.90. The Morgan fingerprint density at radius 3 is 2.65 bits per heavy atom. The lowest BCUT2D eigenvalue weighted by molar-refractivity contribution is 0.147. The van der Waals surface area contributed by atoms with E-state index in [1.54, 1.807) is 0 Å². The van der Waals surface area contributed by atoms with Gasteiger partial charge in [-0.1, -0.05) is 23.7 Å². The van der Waals surface area contributed by atoms with E-state index in [9.17, 15) is 0 Å². The van der Waals surface area contributed by atoms with Crippen LogP contribution < -0.4 is 5.73 Å². The minimum atomic E-state index is 0.0529. The summed E-state index contributed by atoms with van der Waals surface area (Å²) in [5.41, 5.74) is 7.34. The van der Waals surface area contributed by atoms with Crippen LogP contribution in [0.15, 0.2) is 24.3 Å². The summed E-state index contributed by atoms with van der Waals surface area (Å²) in [6, 6.07) is 7.90. The zero-order valence-corrected chi connectivity index (χ0v) is 11.0. The molecule has 0 bridgehead atoms. The minimum Gasteiger partial charge on any atom is -0.323 e. The van der Waals surface area contributed by atoms with Crippen molar-refractivity contribution in [2.24, 2.45) is 5.73 Å². The molecule has 0 radical (unpaired) electrons. The van der Waals surface area contributed by atoms with Crippen molar-refractivity contribution in [3.63, 3.8) is 0 Å². The molecule has 1 fully saturated rings. The Labute approximate surface area is 108 Å². The lowest BCUT2D eigenvalue weighted by Crippen LogP contribution is -2.46. The van der Waals surface area contributed by atoms with Gasteiger partial charge in [0.05, 0.1) is 0 Å². The molecule has 1 heterocycles. The van der Waals surface area contributed by atoms with E-state index in [1.165, 1.54) is 0 Å². The number of nitrogens with two attached hydrogens (primary N) is 1. The van der Waals surface area contributed by atoms with Gasteiger partial charge in [0.15, 0.2) is 0 Å². The van der Waals surface area contributed by atoms with Crippen molar-refractivity contribution in [3.8, 4) is 0 Å². The summed E-state index contributed by atoms with van der Waals surface area (Å²) in [5.74, 6) is 0. The number of hydrogen-bond acceptors (Lipinski definition) is 3. The fourth-order valence-corrected chi connectivity index (χ4v) is 2.35. The van der Waals surface area contributed by atoms with Crippen LogP contribution in [0.1, 0.15) is 11.6 Å². The minimum absolute atomic E-state index is 0.0529. The van der Waals surface area contributed by atoms with Crippen LogP contribution in [0.3, 0.4) is 0 Å². The number of rotatable bonds is 3. The van der Waals surface area contributed by atoms with Gasteiger partial charge < -0.3 is 10.6 Å². The van der Waals surface area contributed by atoms with Gasteiger partial charge in [0.2, 0.25) is 0 Å². The highest BCUT2D eigenvalue weighted by Crippen LogP contribution is 2.17. The van der Waals surface area contributed by atoms with E-state index in [4.69, 9.17) is 17.3 Å². The first-order chi connectivity index (χ1) is 8.15. The number of halogens is 1. The van der Waals surface area contributed by atoms with Crippen LogP contribution in [-0.2, 0) is 0 Å². The summed E-state index contributed by atoms with van der Waals surface area (Å²) in [5, 5.41) is 0.760. The van der Waals surface area contributed by atoms with Gasteiger partial charge in [-0.25, -0.2) is 0 Å². The normalized spacial score (nSPS) is 20.4. The summed E-state index contributed by atoms with van der Waals surface area (Å²) in [6.07, 6.45) is 0. The SMILES string of the molecule is CN1CCN(CC(N)c2cccc(Cl)c2)CC1. The molecule has 0 amide bonds. The molecule has 1 unspecified atom stereocenters. The Morgan fingerprint density at radius 1 is 1.29 bits per heavy atom. The third kappa shape index (κ3) is 3.68. The standard InChI is InChI=1S/C13H20ClN3/c1-16-5-7-17(8-6-16)10-13(15)11-3-2-4-12(14)9-11/h2-4,9,13H,5-8,10,15H2,1H3. The fourth-order valence-electron chi connectivity index (χ4n) is 2.15. The van der Waals surface area contributed by atoms with Gasteiger partial charge >= 0.3 is 0 Å². The summed E-state index contributed by atoms with van der Waals surface area (Å²) in [7, 11) is 2.16. The molecule has 94 valence electrons. The Kier molecular flexibility index (Phi) is 4.40. The number of nitrogens with zero attached hydrogens (tertiary/aromatic N) is 2. The third-order valence-electron chi connectivity index (χ3n) is 3.33. The van der Waals surface area contributed by atoms with Gasteiger partial charge in [0, 0.05) is 43.8 Å². The second kappa shape index (κ2) is 5.83. The lowest BCUT2D eigenvalue weighted by Gasteiger charge is -2.33. The van der Waals surface area contributed by atoms with Gasteiger partial charge in [0.1, 0.15) is 0 Å². The summed E-state index contributed by atoms with van der Waals surface area (Å²) in [6.45, 7) is 5.37. The van der Waals surface area contributed by atoms with E-state index < -0.39 is 0 Å². The Hall–Kier alpha value is -0.610. The van der Waals surface area contributed by atoms with Crippen molar-refractivity contribution in [2.45, 2.75) is 6.04 Å². The van der Waals surface area contributed by atoms with Crippen LogP contribution in [-0.4, -0.2) is 49.6 Å². The zero-order valence-electron chi connectivity index (χ0n) is 10.3. The highest BCUT2D eigenvalue weighted by Gasteiger charge is 2.17. The molecule has 0 spiro atoms. The van der Waals surface area contributed by atoms with E-state index in [0.717, 1.165) is 43.3 Å². The van der Waals surface area contributed by atoms with Crippen molar-refractivity contribution in [1.29, 1.82) is 0 Å². The largest absolute Gasteiger partial charge is 0.323 e. The molecule has 3 nitrogen and oxygen atoms in total. The Bertz CT molecular complexity index is 361. The summed E-state index contributed by atoms with van der Waals surface area (Å²) >= 11 is 5.97. The number of likely N-dealkylation sites (N-methyl/N-ethyl adjacent to an activating group) is 1. The smallest absolute Gasteiger partial charge is 0.0424 e. The van der Waals surface area contributed by atoms with Crippen LogP contribution in [0.5, 0.6) is 0 Å². The fraction of sp³-hybridized carbons (Fsp3) is 0.538. The van der Waals surface area contributed by atoms with Crippen molar-refractivity contribution < 1.29 is 0 Å². The molecule has 17 heavy (non-hydrogen) atoms. The molecule has 0 aliphatic carbocycles. The predicted molar refractivity (Wildman–Crippen MR) is 72.3 cm³/mol. The van der Waals surface area contributed by atoms with Crippen LogP contribution in [0.25, 0.3) is 0 Å². The number of benzene rings is 1. The number of piperazine rings is 1. The van der Waals surface area contributed by atoms with Crippen LogP contribution >= 0.6 is 11.6 Å². The summed E-state index contributed by atoms with van der Waals surface area (Å²) in [4.78, 5) is 4.77. The van der Waals surface area contributed by atoms with Gasteiger partial charge in [0.25, 0.3) is 0 Å². The molecule has 1 aromatic carbocycles. The van der Waals surface area contributed by atoms with Gasteiger partial charge in [-0.15, -0.1) is 0 Å². The predicted octanol–water partition coefficient (Wildman–Crippen LogP) is 1.59. The Morgan fingerprint density at radius 2 is 2.00 bits per heavy atom. The van der Waals surface area contributed by atoms with E-state index in [0.29, 0.717) is 0 Å². The molecule has 4 heteroatoms. The molecule has 1 aromatic rings. The first kappa shape index (κ1) is 12.8. The second-order valence-electron chi connectivity index (χ2n) is 4.77. The van der Waals surface area contributed by atoms with Crippen molar-refractivity contribution >= 4 is 11.6 Å². The molecule has 1 atom stereocenters. The number of hydrogen-bond donors (Lipinski definition) is 1. The lowest BCUT2D eigenvalue weighted by atomic mass is 10.1. The maximum absolute atomic E-state index is 6.22. The van der Waals surface area contributed by atoms with Gasteiger partial charge in [-0.3, -0.25) is 4.90 Å². The average molecular weight is 254 g/mol. The van der Waals surface area contributed by atoms with Crippen molar-refractivity contribution in [3.05, 3.63) is 34.9 Å². The van der Waals surface area contributed by atoms with Gasteiger partial charge in [-0.2, -0.15) is 0 Å². The molecule has 1 aliphatic heterocycles. The first-order valence-corrected chi connectivity index (χ1v) is 6.45. The van der Waals surface area contributed by atoms with E-state index in [1.807, 2.05) is 24.3 Å². The molecule has 1 saturated heterocycles. The average Bonchev–Trinajstić information content (AvgIpc) is 2.32. The maximum atomic E-state index is 6.22. The topological polar surface area (TPSA) is 32.5 Å². The molecule has 2 N–H and O–H groups in total. The molecule has 0 aromatic heterocycles. The third-order valence-corrected chi connectivity index (χ3v) is 3.56. The molecular weight excluding hydrogens is 234 g/mol. The molecule has 0 saturated carbocycles. The molecular formula is C13H20ClN3. The van der Waals surface area contributed by atoms with E-state index in [-0.39, 0.29) is 6.04 Å². The molecule has 2 rings (SSSR count). The highest BCUT2D eigenvalue weighted by atomic mass is 35.5. The van der Waals surface area contributed by atoms with Crippen molar-refractivity contribution in [2.75, 3.05) is 39.8 Å². The molecule has 1 aliphatic rings. The van der Waals surface area contributed by atoms with Crippen molar-refractivity contribution in [1.82, 2.24) is 9.80 Å². The monoisotopic (exact) mass is 253 g/mol. The summed E-state index contributed by atoms with van der Waals surface area (Å²) < 4.78 is 0. The van der Waals surface area contributed by atoms with Crippen LogP contribution in [0.4, 0.5) is 0 Å². The second-order valence-corrected chi connectivity index (χ2v) is 5.20. The van der Waals surface area contributed by atoms with Crippen LogP contribution in [0.2, 0.25) is 5.02 Å². The first-order valence-electron chi connectivity index (χ1n) is 6.07.